The summed E-state index contributed by atoms with van der Waals surface area (Å²) in [4.78, 5) is 33.1. The maximum atomic E-state index is 11.0. The van der Waals surface area contributed by atoms with Crippen LogP contribution in [0.4, 0.5) is 0 Å². The number of hydrogen-bond donors (Lipinski definition) is 0. The molecule has 0 aromatic heterocycles. The van der Waals surface area contributed by atoms with Crippen LogP contribution in [0, 0.1) is 11.8 Å². The average molecular weight is 186 g/mol. The van der Waals surface area contributed by atoms with Gasteiger partial charge in [0, 0.05) is 0 Å². The number of esters is 1. The van der Waals surface area contributed by atoms with Gasteiger partial charge in [0.15, 0.2) is 0 Å². The van der Waals surface area contributed by atoms with Gasteiger partial charge >= 0.3 is 5.97 Å². The van der Waals surface area contributed by atoms with Gasteiger partial charge in [-0.25, -0.2) is 0 Å². The Bertz CT molecular complexity index is 218. The summed E-state index contributed by atoms with van der Waals surface area (Å²) in [6.07, 6.45) is 0. The van der Waals surface area contributed by atoms with Crippen molar-refractivity contribution in [2.75, 3.05) is 7.11 Å². The quantitative estimate of drug-likeness (QED) is 0.476. The number of carbonyl (C=O) groups excluding carboxylic acids is 3. The lowest BCUT2D eigenvalue weighted by Gasteiger charge is -2.15. The zero-order valence-corrected chi connectivity index (χ0v) is 8.29. The van der Waals surface area contributed by atoms with Gasteiger partial charge in [-0.2, -0.15) is 0 Å². The van der Waals surface area contributed by atoms with Crippen LogP contribution in [0.3, 0.4) is 0 Å². The molecular weight excluding hydrogens is 172 g/mol. The van der Waals surface area contributed by atoms with Crippen LogP contribution in [0.15, 0.2) is 0 Å². The van der Waals surface area contributed by atoms with Crippen molar-refractivity contribution in [3.63, 3.8) is 0 Å². The fourth-order valence-electron chi connectivity index (χ4n) is 1.31. The van der Waals surface area contributed by atoms with E-state index in [0.717, 1.165) is 0 Å². The molecule has 0 radical (unpaired) electrons. The predicted octanol–water partition coefficient (Wildman–Crippen LogP) is 0.590. The summed E-state index contributed by atoms with van der Waals surface area (Å²) < 4.78 is 4.45. The Morgan fingerprint density at radius 3 is 1.69 bits per heavy atom. The Hall–Kier alpha value is -1.19. The molecule has 1 unspecified atom stereocenters. The van der Waals surface area contributed by atoms with Crippen LogP contribution < -0.4 is 0 Å². The zero-order chi connectivity index (χ0) is 10.6. The second-order valence-electron chi connectivity index (χ2n) is 3.01. The van der Waals surface area contributed by atoms with Crippen molar-refractivity contribution in [3.05, 3.63) is 0 Å². The molecule has 0 amide bonds. The lowest BCUT2D eigenvalue weighted by molar-refractivity contribution is -0.151. The molecule has 0 aliphatic heterocycles. The van der Waals surface area contributed by atoms with E-state index in [1.165, 1.54) is 27.9 Å². The average Bonchev–Trinajstić information content (AvgIpc) is 2.01. The second-order valence-corrected chi connectivity index (χ2v) is 3.01. The number of rotatable bonds is 4. The van der Waals surface area contributed by atoms with Gasteiger partial charge in [0.1, 0.15) is 11.6 Å². The highest BCUT2D eigenvalue weighted by atomic mass is 16.5. The molecule has 0 N–H and O–H groups in total. The number of hydrogen-bond acceptors (Lipinski definition) is 4. The first kappa shape index (κ1) is 11.8. The molecule has 1 atom stereocenters. The van der Waals surface area contributed by atoms with Crippen molar-refractivity contribution < 1.29 is 19.1 Å². The fraction of sp³-hybridized carbons (Fsp3) is 0.667. The first-order valence-electron chi connectivity index (χ1n) is 4.00. The van der Waals surface area contributed by atoms with Gasteiger partial charge in [0.05, 0.1) is 18.9 Å². The van der Waals surface area contributed by atoms with E-state index in [9.17, 15) is 14.4 Å². The van der Waals surface area contributed by atoms with E-state index in [4.69, 9.17) is 0 Å². The van der Waals surface area contributed by atoms with Gasteiger partial charge in [-0.05, 0) is 13.8 Å². The Kier molecular flexibility index (Phi) is 4.31. The maximum absolute atomic E-state index is 11.0. The van der Waals surface area contributed by atoms with Gasteiger partial charge in [-0.1, -0.05) is 6.92 Å². The summed E-state index contributed by atoms with van der Waals surface area (Å²) in [5.41, 5.74) is 0. The van der Waals surface area contributed by atoms with Crippen LogP contribution in [-0.2, 0) is 19.1 Å². The monoisotopic (exact) mass is 186 g/mol. The Balaban J connectivity index is 4.65. The van der Waals surface area contributed by atoms with Crippen LogP contribution in [0.5, 0.6) is 0 Å². The topological polar surface area (TPSA) is 60.4 Å². The molecule has 0 saturated heterocycles. The Morgan fingerprint density at radius 2 is 1.46 bits per heavy atom. The van der Waals surface area contributed by atoms with Crippen molar-refractivity contribution in [2.45, 2.75) is 20.8 Å². The summed E-state index contributed by atoms with van der Waals surface area (Å²) in [6, 6.07) is 0. The van der Waals surface area contributed by atoms with E-state index in [2.05, 4.69) is 4.74 Å². The van der Waals surface area contributed by atoms with Gasteiger partial charge < -0.3 is 4.74 Å². The van der Waals surface area contributed by atoms with Crippen molar-refractivity contribution >= 4 is 17.5 Å². The molecule has 4 heteroatoms. The lowest BCUT2D eigenvalue weighted by atomic mass is 9.87. The van der Waals surface area contributed by atoms with E-state index in [-0.39, 0.29) is 11.6 Å². The number of carbonyl (C=O) groups is 3. The summed E-state index contributed by atoms with van der Waals surface area (Å²) in [7, 11) is 1.23. The van der Waals surface area contributed by atoms with E-state index >= 15 is 0 Å². The molecule has 4 nitrogen and oxygen atoms in total. The third kappa shape index (κ3) is 2.97. The maximum Gasteiger partial charge on any atom is 0.309 e. The molecule has 0 spiro atoms. The molecule has 0 bridgehead atoms. The van der Waals surface area contributed by atoms with Crippen LogP contribution in [-0.4, -0.2) is 24.6 Å². The van der Waals surface area contributed by atoms with Crippen molar-refractivity contribution in [1.29, 1.82) is 0 Å². The highest BCUT2D eigenvalue weighted by Gasteiger charge is 2.31. The summed E-state index contributed by atoms with van der Waals surface area (Å²) in [5.74, 6) is -2.70. The first-order valence-corrected chi connectivity index (χ1v) is 4.00. The molecule has 13 heavy (non-hydrogen) atoms. The van der Waals surface area contributed by atoms with Gasteiger partial charge in [-0.15, -0.1) is 0 Å². The van der Waals surface area contributed by atoms with E-state index in [1.807, 2.05) is 0 Å². The highest BCUT2D eigenvalue weighted by Crippen LogP contribution is 2.15. The van der Waals surface area contributed by atoms with Gasteiger partial charge in [0.2, 0.25) is 0 Å². The Morgan fingerprint density at radius 1 is 1.08 bits per heavy atom. The van der Waals surface area contributed by atoms with Crippen molar-refractivity contribution in [1.82, 2.24) is 0 Å². The predicted molar refractivity (Wildman–Crippen MR) is 46.0 cm³/mol. The SMILES string of the molecule is COC(=O)C(C)C(C(C)=O)C(C)=O. The molecule has 0 saturated carbocycles. The van der Waals surface area contributed by atoms with E-state index in [0.29, 0.717) is 0 Å². The molecular formula is C9H14O4. The molecule has 74 valence electrons. The number of ketones is 2. The van der Waals surface area contributed by atoms with Gasteiger partial charge in [0.25, 0.3) is 0 Å². The van der Waals surface area contributed by atoms with Crippen molar-refractivity contribution in [3.8, 4) is 0 Å². The van der Waals surface area contributed by atoms with Gasteiger partial charge in [-0.3, -0.25) is 14.4 Å². The van der Waals surface area contributed by atoms with E-state index < -0.39 is 17.8 Å². The largest absolute Gasteiger partial charge is 0.469 e. The number of ether oxygens (including phenoxy) is 1. The van der Waals surface area contributed by atoms with Crippen LogP contribution in [0.1, 0.15) is 20.8 Å². The second kappa shape index (κ2) is 4.74. The standard InChI is InChI=1S/C9H14O4/c1-5(9(12)13-4)8(6(2)10)7(3)11/h5,8H,1-4H3. The Labute approximate surface area is 77.3 Å². The van der Waals surface area contributed by atoms with Crippen LogP contribution in [0.2, 0.25) is 0 Å². The molecule has 0 aromatic rings. The number of Topliss-reactive ketones (excluding diaryl/α,β-unsaturated/α-hetero) is 2. The van der Waals surface area contributed by atoms with E-state index in [1.54, 1.807) is 0 Å². The smallest absolute Gasteiger partial charge is 0.309 e. The normalized spacial score (nSPS) is 12.4. The summed E-state index contributed by atoms with van der Waals surface area (Å²) in [5, 5.41) is 0. The molecule has 0 aliphatic rings. The first-order chi connectivity index (χ1) is 5.91. The fourth-order valence-corrected chi connectivity index (χ4v) is 1.31. The minimum Gasteiger partial charge on any atom is -0.469 e. The molecule has 0 fully saturated rings. The van der Waals surface area contributed by atoms with Crippen molar-refractivity contribution in [2.24, 2.45) is 11.8 Å². The van der Waals surface area contributed by atoms with Crippen LogP contribution in [0.25, 0.3) is 0 Å². The summed E-state index contributed by atoms with van der Waals surface area (Å²) >= 11 is 0. The third-order valence-electron chi connectivity index (χ3n) is 1.95. The highest BCUT2D eigenvalue weighted by molar-refractivity contribution is 6.03. The summed E-state index contributed by atoms with van der Waals surface area (Å²) in [6.45, 7) is 4.11. The minimum atomic E-state index is -0.868. The molecule has 0 aromatic carbocycles. The lowest BCUT2D eigenvalue weighted by Crippen LogP contribution is -2.32. The molecule has 0 heterocycles. The minimum absolute atomic E-state index is 0.301. The zero-order valence-electron chi connectivity index (χ0n) is 8.29. The van der Waals surface area contributed by atoms with Crippen LogP contribution >= 0.6 is 0 Å². The molecule has 0 aliphatic carbocycles. The molecule has 0 rings (SSSR count). The number of methoxy groups -OCH3 is 1. The third-order valence-corrected chi connectivity index (χ3v) is 1.95.